The molecule has 1 N–H and O–H groups in total. The Morgan fingerprint density at radius 1 is 1.14 bits per heavy atom. The van der Waals surface area contributed by atoms with Gasteiger partial charge in [0.2, 0.25) is 5.91 Å². The van der Waals surface area contributed by atoms with E-state index in [1.807, 2.05) is 4.57 Å². The largest absolute Gasteiger partial charge is 0.365 e. The average Bonchev–Trinajstić information content (AvgIpc) is 3.31. The molecule has 2 aromatic carbocycles. The average molecular weight is 477 g/mol. The predicted octanol–water partition coefficient (Wildman–Crippen LogP) is 3.77. The number of hydrogen-bond acceptors (Lipinski definition) is 4. The van der Waals surface area contributed by atoms with Crippen molar-refractivity contribution in [1.82, 2.24) is 19.8 Å². The van der Waals surface area contributed by atoms with E-state index >= 15 is 0 Å². The van der Waals surface area contributed by atoms with Gasteiger partial charge in [0.25, 0.3) is 5.91 Å². The topological polar surface area (TPSA) is 76.5 Å². The molecule has 2 aliphatic heterocycles. The molecule has 1 atom stereocenters. The summed E-state index contributed by atoms with van der Waals surface area (Å²) >= 11 is 0. The first kappa shape index (κ1) is 23.2. The van der Waals surface area contributed by atoms with Crippen LogP contribution in [0.25, 0.3) is 0 Å². The Morgan fingerprint density at radius 3 is 2.66 bits per heavy atom. The number of likely N-dealkylation sites (tertiary alicyclic amines) is 1. The van der Waals surface area contributed by atoms with Gasteiger partial charge < -0.3 is 19.5 Å². The van der Waals surface area contributed by atoms with Gasteiger partial charge in [-0.3, -0.25) is 9.59 Å². The van der Waals surface area contributed by atoms with Crippen molar-refractivity contribution in [2.45, 2.75) is 45.6 Å². The molecule has 35 heavy (non-hydrogen) atoms. The van der Waals surface area contributed by atoms with E-state index in [9.17, 15) is 14.0 Å². The Labute approximate surface area is 203 Å². The van der Waals surface area contributed by atoms with Crippen molar-refractivity contribution in [2.24, 2.45) is 5.92 Å². The molecule has 0 bridgehead atoms. The third kappa shape index (κ3) is 5.12. The maximum atomic E-state index is 13.3. The Kier molecular flexibility index (Phi) is 6.63. The van der Waals surface area contributed by atoms with Crippen molar-refractivity contribution in [1.29, 1.82) is 0 Å². The zero-order valence-corrected chi connectivity index (χ0v) is 19.7. The van der Waals surface area contributed by atoms with Crippen molar-refractivity contribution < 1.29 is 18.7 Å². The van der Waals surface area contributed by atoms with E-state index in [2.05, 4.69) is 41.5 Å². The van der Waals surface area contributed by atoms with Crippen LogP contribution in [0.5, 0.6) is 0 Å². The second kappa shape index (κ2) is 10.00. The molecule has 8 heteroatoms. The van der Waals surface area contributed by atoms with Gasteiger partial charge >= 0.3 is 0 Å². The number of amides is 2. The van der Waals surface area contributed by atoms with Gasteiger partial charge in [-0.2, -0.15) is 0 Å². The summed E-state index contributed by atoms with van der Waals surface area (Å²) in [7, 11) is 0. The Hall–Kier alpha value is -3.52. The highest BCUT2D eigenvalue weighted by Crippen LogP contribution is 2.29. The SMILES string of the molecule is Cc1ccc([C@@H]2Cn3cnc(C(=O)N4CCC(C(=O)NCc5cccc(F)c5)CC4)c3CO2)cc1. The van der Waals surface area contributed by atoms with Crippen molar-refractivity contribution in [3.63, 3.8) is 0 Å². The van der Waals surface area contributed by atoms with E-state index in [1.165, 1.54) is 17.7 Å². The fourth-order valence-corrected chi connectivity index (χ4v) is 4.76. The third-order valence-electron chi connectivity index (χ3n) is 6.89. The number of imidazole rings is 1. The summed E-state index contributed by atoms with van der Waals surface area (Å²) in [6.07, 6.45) is 2.83. The van der Waals surface area contributed by atoms with E-state index in [4.69, 9.17) is 4.74 Å². The molecular formula is C27H29FN4O3. The zero-order chi connectivity index (χ0) is 24.4. The summed E-state index contributed by atoms with van der Waals surface area (Å²) in [5.41, 5.74) is 4.27. The first-order valence-electron chi connectivity index (χ1n) is 12.0. The van der Waals surface area contributed by atoms with Crippen LogP contribution in [-0.2, 0) is 29.2 Å². The maximum Gasteiger partial charge on any atom is 0.274 e. The van der Waals surface area contributed by atoms with Gasteiger partial charge in [-0.1, -0.05) is 42.0 Å². The Balaban J connectivity index is 1.15. The smallest absolute Gasteiger partial charge is 0.274 e. The maximum absolute atomic E-state index is 13.3. The summed E-state index contributed by atoms with van der Waals surface area (Å²) in [4.78, 5) is 32.0. The molecule has 2 amide bonds. The summed E-state index contributed by atoms with van der Waals surface area (Å²) in [5, 5.41) is 2.89. The van der Waals surface area contributed by atoms with Gasteiger partial charge in [-0.25, -0.2) is 9.37 Å². The van der Waals surface area contributed by atoms with E-state index in [-0.39, 0.29) is 29.7 Å². The predicted molar refractivity (Wildman–Crippen MR) is 128 cm³/mol. The molecule has 0 unspecified atom stereocenters. The monoisotopic (exact) mass is 476 g/mol. The van der Waals surface area contributed by atoms with Gasteiger partial charge in [0.05, 0.1) is 25.2 Å². The summed E-state index contributed by atoms with van der Waals surface area (Å²) < 4.78 is 21.4. The Bertz CT molecular complexity index is 1220. The zero-order valence-electron chi connectivity index (χ0n) is 19.7. The number of aromatic nitrogens is 2. The van der Waals surface area contributed by atoms with Crippen LogP contribution in [-0.4, -0.2) is 39.4 Å². The van der Waals surface area contributed by atoms with Crippen molar-refractivity contribution in [3.8, 4) is 0 Å². The molecule has 0 saturated carbocycles. The molecule has 0 radical (unpaired) electrons. The number of nitrogens with zero attached hydrogens (tertiary/aromatic N) is 3. The molecule has 1 aromatic heterocycles. The number of ether oxygens (including phenoxy) is 1. The fourth-order valence-electron chi connectivity index (χ4n) is 4.76. The van der Waals surface area contributed by atoms with E-state index < -0.39 is 0 Å². The second-order valence-electron chi connectivity index (χ2n) is 9.32. The number of rotatable bonds is 5. The summed E-state index contributed by atoms with van der Waals surface area (Å²) in [6.45, 7) is 4.29. The minimum atomic E-state index is -0.318. The molecular weight excluding hydrogens is 447 g/mol. The highest BCUT2D eigenvalue weighted by Gasteiger charge is 2.32. The molecule has 2 aliphatic rings. The number of hydrogen-bond donors (Lipinski definition) is 1. The van der Waals surface area contributed by atoms with Gasteiger partial charge in [0.1, 0.15) is 11.9 Å². The number of carbonyl (C=O) groups excluding carboxylic acids is 2. The fraction of sp³-hybridized carbons (Fsp3) is 0.370. The van der Waals surface area contributed by atoms with Crippen molar-refractivity contribution >= 4 is 11.8 Å². The Morgan fingerprint density at radius 2 is 1.91 bits per heavy atom. The van der Waals surface area contributed by atoms with Gasteiger partial charge in [0, 0.05) is 25.6 Å². The third-order valence-corrected chi connectivity index (χ3v) is 6.89. The van der Waals surface area contributed by atoms with Crippen LogP contribution in [0.4, 0.5) is 4.39 Å². The summed E-state index contributed by atoms with van der Waals surface area (Å²) in [6, 6.07) is 14.5. The molecule has 3 heterocycles. The van der Waals surface area contributed by atoms with Crippen LogP contribution in [0, 0.1) is 18.7 Å². The lowest BCUT2D eigenvalue weighted by molar-refractivity contribution is -0.126. The van der Waals surface area contributed by atoms with E-state index in [0.29, 0.717) is 51.3 Å². The molecule has 1 fully saturated rings. The normalized spacial score (nSPS) is 18.2. The lowest BCUT2D eigenvalue weighted by atomic mass is 9.95. The van der Waals surface area contributed by atoms with Crippen molar-refractivity contribution in [3.05, 3.63) is 88.8 Å². The van der Waals surface area contributed by atoms with E-state index in [1.54, 1.807) is 23.4 Å². The van der Waals surface area contributed by atoms with Crippen LogP contribution >= 0.6 is 0 Å². The molecule has 1 saturated heterocycles. The van der Waals surface area contributed by atoms with Gasteiger partial charge in [0.15, 0.2) is 5.69 Å². The van der Waals surface area contributed by atoms with Crippen molar-refractivity contribution in [2.75, 3.05) is 13.1 Å². The van der Waals surface area contributed by atoms with Crippen LogP contribution in [0.3, 0.4) is 0 Å². The standard InChI is InChI=1S/C27H29FN4O3/c1-18-5-7-20(8-6-18)24-15-32-17-30-25(23(32)16-35-24)27(34)31-11-9-21(10-12-31)26(33)29-14-19-3-2-4-22(28)13-19/h2-8,13,17,21,24H,9-12,14-16H2,1H3,(H,29,33)/t24-/m0/s1. The number of aryl methyl sites for hydroxylation is 1. The molecule has 0 spiro atoms. The minimum absolute atomic E-state index is 0.0590. The van der Waals surface area contributed by atoms with Crippen LogP contribution in [0.2, 0.25) is 0 Å². The lowest BCUT2D eigenvalue weighted by Gasteiger charge is -2.31. The molecule has 0 aliphatic carbocycles. The van der Waals surface area contributed by atoms with Gasteiger partial charge in [-0.15, -0.1) is 0 Å². The number of piperidine rings is 1. The van der Waals surface area contributed by atoms with Gasteiger partial charge in [-0.05, 0) is 43.0 Å². The van der Waals surface area contributed by atoms with Crippen LogP contribution in [0.15, 0.2) is 54.9 Å². The highest BCUT2D eigenvalue weighted by molar-refractivity contribution is 5.93. The second-order valence-corrected chi connectivity index (χ2v) is 9.32. The number of fused-ring (bicyclic) bond motifs is 1. The number of carbonyl (C=O) groups is 2. The molecule has 182 valence electrons. The molecule has 7 nitrogen and oxygen atoms in total. The summed E-state index contributed by atoms with van der Waals surface area (Å²) in [5.74, 6) is -0.658. The molecule has 3 aromatic rings. The number of halogens is 1. The van der Waals surface area contributed by atoms with E-state index in [0.717, 1.165) is 16.8 Å². The quantitative estimate of drug-likeness (QED) is 0.608. The lowest BCUT2D eigenvalue weighted by Crippen LogP contribution is -2.43. The highest BCUT2D eigenvalue weighted by atomic mass is 19.1. The minimum Gasteiger partial charge on any atom is -0.365 e. The first-order valence-corrected chi connectivity index (χ1v) is 12.0. The number of nitrogens with one attached hydrogen (secondary N) is 1. The number of benzene rings is 2. The molecule has 5 rings (SSSR count). The van der Waals surface area contributed by atoms with Crippen LogP contribution < -0.4 is 5.32 Å². The first-order chi connectivity index (χ1) is 17.0. The van der Waals surface area contributed by atoms with Crippen LogP contribution in [0.1, 0.15) is 51.8 Å².